The Kier molecular flexibility index (Phi) is 4.22. The van der Waals surface area contributed by atoms with Crippen LogP contribution in [-0.2, 0) is 13.2 Å². The highest BCUT2D eigenvalue weighted by Gasteiger charge is 2.07. The number of aliphatic hydroxyl groups is 1. The van der Waals surface area contributed by atoms with Gasteiger partial charge < -0.3 is 14.4 Å². The third kappa shape index (κ3) is 3.15. The Bertz CT molecular complexity index is 547. The van der Waals surface area contributed by atoms with Gasteiger partial charge >= 0.3 is 0 Å². The first-order chi connectivity index (χ1) is 9.11. The molecule has 1 aromatic heterocycles. The zero-order valence-corrected chi connectivity index (χ0v) is 11.6. The van der Waals surface area contributed by atoms with Gasteiger partial charge in [-0.15, -0.1) is 0 Å². The van der Waals surface area contributed by atoms with E-state index in [4.69, 9.17) is 4.74 Å². The van der Waals surface area contributed by atoms with Gasteiger partial charge in [-0.3, -0.25) is 0 Å². The smallest absolute Gasteiger partial charge is 0.146 e. The van der Waals surface area contributed by atoms with Gasteiger partial charge in [0.05, 0.1) is 6.10 Å². The molecule has 19 heavy (non-hydrogen) atoms. The highest BCUT2D eigenvalue weighted by atomic mass is 16.5. The molecule has 0 bridgehead atoms. The summed E-state index contributed by atoms with van der Waals surface area (Å²) < 4.78 is 7.85. The van der Waals surface area contributed by atoms with Crippen molar-refractivity contribution in [3.8, 4) is 5.75 Å². The lowest BCUT2D eigenvalue weighted by Crippen LogP contribution is -2.06. The number of nitrogens with zero attached hydrogens (tertiary/aromatic N) is 2. The predicted octanol–water partition coefficient (Wildman–Crippen LogP) is 2.84. The minimum Gasteiger partial charge on any atom is -0.485 e. The van der Waals surface area contributed by atoms with Gasteiger partial charge in [0.25, 0.3) is 0 Å². The fraction of sp³-hybridized carbons (Fsp3) is 0.400. The first-order valence-electron chi connectivity index (χ1n) is 6.53. The van der Waals surface area contributed by atoms with Crippen LogP contribution in [0, 0.1) is 6.92 Å². The van der Waals surface area contributed by atoms with Crippen molar-refractivity contribution in [2.24, 2.45) is 0 Å². The first-order valence-corrected chi connectivity index (χ1v) is 6.53. The lowest BCUT2D eigenvalue weighted by Gasteiger charge is -2.12. The van der Waals surface area contributed by atoms with E-state index in [-0.39, 0.29) is 0 Å². The minimum absolute atomic E-state index is 0.452. The number of hydrogen-bond donors (Lipinski definition) is 1. The Balaban J connectivity index is 2.08. The summed E-state index contributed by atoms with van der Waals surface area (Å²) in [4.78, 5) is 4.28. The maximum absolute atomic E-state index is 9.53. The summed E-state index contributed by atoms with van der Waals surface area (Å²) in [5.74, 6) is 1.75. The first kappa shape index (κ1) is 13.6. The molecule has 0 spiro atoms. The van der Waals surface area contributed by atoms with E-state index in [1.807, 2.05) is 31.3 Å². The lowest BCUT2D eigenvalue weighted by molar-refractivity contribution is 0.199. The van der Waals surface area contributed by atoms with Gasteiger partial charge in [0.2, 0.25) is 0 Å². The average Bonchev–Trinajstić information content (AvgIpc) is 2.84. The van der Waals surface area contributed by atoms with Crippen molar-refractivity contribution >= 4 is 0 Å². The van der Waals surface area contributed by atoms with Gasteiger partial charge in [0.15, 0.2) is 0 Å². The van der Waals surface area contributed by atoms with E-state index < -0.39 is 6.10 Å². The van der Waals surface area contributed by atoms with E-state index in [1.165, 1.54) is 0 Å². The molecule has 0 saturated heterocycles. The Morgan fingerprint density at radius 3 is 2.84 bits per heavy atom. The summed E-state index contributed by atoms with van der Waals surface area (Å²) >= 11 is 0. The van der Waals surface area contributed by atoms with Crippen LogP contribution in [0.4, 0.5) is 0 Å². The van der Waals surface area contributed by atoms with Crippen molar-refractivity contribution in [2.75, 3.05) is 0 Å². The Morgan fingerprint density at radius 2 is 2.21 bits per heavy atom. The number of imidazole rings is 1. The average molecular weight is 260 g/mol. The molecule has 0 aliphatic heterocycles. The largest absolute Gasteiger partial charge is 0.485 e. The van der Waals surface area contributed by atoms with Gasteiger partial charge in [-0.25, -0.2) is 4.98 Å². The van der Waals surface area contributed by atoms with Crippen LogP contribution in [0.5, 0.6) is 5.75 Å². The number of aliphatic hydroxyl groups excluding tert-OH is 1. The topological polar surface area (TPSA) is 47.3 Å². The minimum atomic E-state index is -0.452. The maximum atomic E-state index is 9.53. The highest BCUT2D eigenvalue weighted by Crippen LogP contribution is 2.23. The van der Waals surface area contributed by atoms with E-state index in [2.05, 4.69) is 16.5 Å². The Morgan fingerprint density at radius 1 is 1.42 bits per heavy atom. The molecule has 2 aromatic rings. The quantitative estimate of drug-likeness (QED) is 0.899. The third-order valence-electron chi connectivity index (χ3n) is 3.18. The molecule has 2 rings (SSSR count). The second kappa shape index (κ2) is 5.89. The molecular formula is C15H20N2O2. The van der Waals surface area contributed by atoms with Crippen molar-refractivity contribution in [1.29, 1.82) is 0 Å². The number of hydrogen-bond acceptors (Lipinski definition) is 3. The van der Waals surface area contributed by atoms with Crippen LogP contribution in [0.15, 0.2) is 30.6 Å². The summed E-state index contributed by atoms with van der Waals surface area (Å²) in [6, 6.07) is 5.74. The Labute approximate surface area is 113 Å². The molecule has 1 aromatic carbocycles. The molecule has 4 nitrogen and oxygen atoms in total. The van der Waals surface area contributed by atoms with E-state index in [1.54, 1.807) is 13.1 Å². The second-order valence-electron chi connectivity index (χ2n) is 4.62. The van der Waals surface area contributed by atoms with Crippen molar-refractivity contribution in [1.82, 2.24) is 9.55 Å². The highest BCUT2D eigenvalue weighted by molar-refractivity contribution is 5.36. The van der Waals surface area contributed by atoms with Crippen LogP contribution < -0.4 is 4.74 Å². The van der Waals surface area contributed by atoms with Crippen molar-refractivity contribution in [2.45, 2.75) is 40.0 Å². The second-order valence-corrected chi connectivity index (χ2v) is 4.62. The van der Waals surface area contributed by atoms with Crippen molar-refractivity contribution in [3.63, 3.8) is 0 Å². The summed E-state index contributed by atoms with van der Waals surface area (Å²) in [7, 11) is 0. The molecule has 4 heteroatoms. The van der Waals surface area contributed by atoms with Crippen LogP contribution in [0.1, 0.15) is 36.9 Å². The van der Waals surface area contributed by atoms with Gasteiger partial charge in [-0.1, -0.05) is 6.07 Å². The summed E-state index contributed by atoms with van der Waals surface area (Å²) in [5, 5.41) is 9.53. The van der Waals surface area contributed by atoms with Gasteiger partial charge in [0, 0.05) is 18.9 Å². The molecule has 0 aliphatic carbocycles. The lowest BCUT2D eigenvalue weighted by atomic mass is 10.1. The summed E-state index contributed by atoms with van der Waals surface area (Å²) in [5.41, 5.74) is 1.92. The summed E-state index contributed by atoms with van der Waals surface area (Å²) in [6.45, 7) is 7.16. The zero-order valence-electron chi connectivity index (χ0n) is 11.6. The van der Waals surface area contributed by atoms with E-state index >= 15 is 0 Å². The molecule has 0 fully saturated rings. The van der Waals surface area contributed by atoms with Crippen LogP contribution in [0.2, 0.25) is 0 Å². The normalized spacial score (nSPS) is 12.4. The number of aryl methyl sites for hydroxylation is 2. The molecule has 1 unspecified atom stereocenters. The molecule has 1 heterocycles. The number of aromatic nitrogens is 2. The molecule has 0 aliphatic rings. The molecular weight excluding hydrogens is 240 g/mol. The van der Waals surface area contributed by atoms with Crippen molar-refractivity contribution in [3.05, 3.63) is 47.5 Å². The van der Waals surface area contributed by atoms with E-state index in [0.717, 1.165) is 29.2 Å². The SMILES string of the molecule is CCn1ccnc1COc1ccc(C(C)O)cc1C. The monoisotopic (exact) mass is 260 g/mol. The van der Waals surface area contributed by atoms with E-state index in [9.17, 15) is 5.11 Å². The van der Waals surface area contributed by atoms with Gasteiger partial charge in [-0.2, -0.15) is 0 Å². The van der Waals surface area contributed by atoms with Crippen LogP contribution in [0.3, 0.4) is 0 Å². The summed E-state index contributed by atoms with van der Waals surface area (Å²) in [6.07, 6.45) is 3.28. The molecule has 1 atom stereocenters. The number of ether oxygens (including phenoxy) is 1. The fourth-order valence-electron chi connectivity index (χ4n) is 2.00. The molecule has 0 amide bonds. The van der Waals surface area contributed by atoms with Crippen LogP contribution in [-0.4, -0.2) is 14.7 Å². The molecule has 1 N–H and O–H groups in total. The maximum Gasteiger partial charge on any atom is 0.146 e. The van der Waals surface area contributed by atoms with Crippen molar-refractivity contribution < 1.29 is 9.84 Å². The Hall–Kier alpha value is -1.81. The van der Waals surface area contributed by atoms with Gasteiger partial charge in [0.1, 0.15) is 18.2 Å². The number of benzene rings is 1. The molecule has 102 valence electrons. The predicted molar refractivity (Wildman–Crippen MR) is 74.0 cm³/mol. The fourth-order valence-corrected chi connectivity index (χ4v) is 2.00. The third-order valence-corrected chi connectivity index (χ3v) is 3.18. The molecule has 0 radical (unpaired) electrons. The van der Waals surface area contributed by atoms with E-state index in [0.29, 0.717) is 6.61 Å². The number of rotatable bonds is 5. The standard InChI is InChI=1S/C15H20N2O2/c1-4-17-8-7-16-15(17)10-19-14-6-5-13(12(3)18)9-11(14)2/h5-9,12,18H,4,10H2,1-3H3. The van der Waals surface area contributed by atoms with Crippen LogP contribution >= 0.6 is 0 Å². The van der Waals surface area contributed by atoms with Crippen LogP contribution in [0.25, 0.3) is 0 Å². The molecule has 0 saturated carbocycles. The van der Waals surface area contributed by atoms with Gasteiger partial charge in [-0.05, 0) is 44.0 Å². The zero-order chi connectivity index (χ0) is 13.8.